The zero-order chi connectivity index (χ0) is 41.6. The van der Waals surface area contributed by atoms with Crippen molar-refractivity contribution >= 4 is 45.9 Å². The minimum atomic E-state index is -2.06. The fraction of sp³-hybridized carbons (Fsp3) is 0.467. The summed E-state index contributed by atoms with van der Waals surface area (Å²) in [7, 11) is 0. The number of alkyl halides is 1. The third-order valence-corrected chi connectivity index (χ3v) is 13.5. The van der Waals surface area contributed by atoms with Crippen LogP contribution in [0.4, 0.5) is 10.1 Å². The van der Waals surface area contributed by atoms with E-state index in [1.54, 1.807) is 63.5 Å². The summed E-state index contributed by atoms with van der Waals surface area (Å²) in [5.74, 6) is -5.77. The number of carbonyl (C=O) groups is 5. The van der Waals surface area contributed by atoms with Gasteiger partial charge in [0.25, 0.3) is 0 Å². The highest BCUT2D eigenvalue weighted by atomic mass is 19.1. The molecule has 0 aliphatic heterocycles. The van der Waals surface area contributed by atoms with Crippen molar-refractivity contribution < 1.29 is 48.0 Å². The fourth-order valence-corrected chi connectivity index (χ4v) is 10.6. The van der Waals surface area contributed by atoms with E-state index in [0.717, 1.165) is 10.8 Å². The second kappa shape index (κ2) is 15.9. The van der Waals surface area contributed by atoms with E-state index in [4.69, 9.17) is 15.2 Å². The minimum absolute atomic E-state index is 0.0720. The Balaban J connectivity index is 0.888. The summed E-state index contributed by atoms with van der Waals surface area (Å²) >= 11 is 0. The van der Waals surface area contributed by atoms with Gasteiger partial charge in [-0.2, -0.15) is 0 Å². The summed E-state index contributed by atoms with van der Waals surface area (Å²) in [6.45, 7) is 4.39. The number of ether oxygens (including phenoxy) is 2. The monoisotopic (exact) mass is 795 g/mol. The van der Waals surface area contributed by atoms with Crippen LogP contribution in [0.2, 0.25) is 0 Å². The number of hydrogen-bond donors (Lipinski definition) is 4. The molecule has 12 nitrogen and oxygen atoms in total. The van der Waals surface area contributed by atoms with Crippen LogP contribution < -0.4 is 11.1 Å². The molecule has 9 atom stereocenters. The normalized spacial score (nSPS) is 30.5. The summed E-state index contributed by atoms with van der Waals surface area (Å²) < 4.78 is 27.9. The molecule has 0 radical (unpaired) electrons. The molecule has 1 aromatic heterocycles. The molecule has 0 spiro atoms. The molecule has 306 valence electrons. The van der Waals surface area contributed by atoms with Crippen LogP contribution in [-0.4, -0.2) is 75.1 Å². The van der Waals surface area contributed by atoms with Crippen LogP contribution in [-0.2, 0) is 40.1 Å². The molecule has 2 aromatic carbocycles. The van der Waals surface area contributed by atoms with E-state index in [9.17, 15) is 34.2 Å². The van der Waals surface area contributed by atoms with Crippen molar-refractivity contribution in [3.8, 4) is 0 Å². The number of nitrogens with two attached hydrogens (primary N) is 1. The number of pyridine rings is 1. The molecule has 1 amide bonds. The molecule has 13 heteroatoms. The molecule has 7 rings (SSSR count). The lowest BCUT2D eigenvalue weighted by atomic mass is 9.47. The first-order chi connectivity index (χ1) is 27.6. The van der Waals surface area contributed by atoms with Crippen molar-refractivity contribution in [2.24, 2.45) is 34.8 Å². The lowest BCUT2D eigenvalue weighted by molar-refractivity contribution is -0.208. The van der Waals surface area contributed by atoms with Crippen LogP contribution in [0.25, 0.3) is 10.8 Å². The number of esters is 2. The van der Waals surface area contributed by atoms with Crippen molar-refractivity contribution in [2.45, 2.75) is 89.2 Å². The number of allylic oxidation sites excluding steroid dienone is 4. The third-order valence-electron chi connectivity index (χ3n) is 13.5. The van der Waals surface area contributed by atoms with Gasteiger partial charge in [-0.1, -0.05) is 55.3 Å². The van der Waals surface area contributed by atoms with E-state index in [1.807, 2.05) is 18.2 Å². The summed E-state index contributed by atoms with van der Waals surface area (Å²) in [6, 6.07) is 14.3. The van der Waals surface area contributed by atoms with Crippen molar-refractivity contribution in [1.29, 1.82) is 0 Å². The highest BCUT2D eigenvalue weighted by Gasteiger charge is 2.74. The van der Waals surface area contributed by atoms with Gasteiger partial charge in [-0.05, 0) is 91.3 Å². The number of aliphatic hydroxyl groups excluding tert-OH is 1. The van der Waals surface area contributed by atoms with Crippen LogP contribution in [0.3, 0.4) is 0 Å². The maximum absolute atomic E-state index is 17.3. The summed E-state index contributed by atoms with van der Waals surface area (Å²) in [5, 5.41) is 28.5. The fourth-order valence-electron chi connectivity index (χ4n) is 10.6. The van der Waals surface area contributed by atoms with E-state index < -0.39 is 76.7 Å². The number of carbonyl (C=O) groups excluding carboxylic acids is 5. The number of fused-ring (bicyclic) bond motifs is 6. The molecular formula is C45H50FN3O9. The molecule has 3 aromatic rings. The smallest absolute Gasteiger partial charge is 0.306 e. The van der Waals surface area contributed by atoms with Gasteiger partial charge < -0.3 is 30.7 Å². The number of benzene rings is 2. The van der Waals surface area contributed by atoms with Crippen LogP contribution in [0.15, 0.2) is 84.2 Å². The predicted octanol–water partition coefficient (Wildman–Crippen LogP) is 5.20. The average molecular weight is 796 g/mol. The maximum atomic E-state index is 17.3. The van der Waals surface area contributed by atoms with E-state index in [0.29, 0.717) is 47.2 Å². The van der Waals surface area contributed by atoms with E-state index in [1.165, 1.54) is 12.2 Å². The largest absolute Gasteiger partial charge is 0.461 e. The van der Waals surface area contributed by atoms with Gasteiger partial charge in [-0.3, -0.25) is 29.0 Å². The Kier molecular flexibility index (Phi) is 11.3. The number of Topliss-reactive ketones (excluding diaryl/α,β-unsaturated/α-hetero) is 1. The van der Waals surface area contributed by atoms with Crippen LogP contribution >= 0.6 is 0 Å². The third kappa shape index (κ3) is 7.17. The summed E-state index contributed by atoms with van der Waals surface area (Å²) in [6.07, 6.45) is 5.13. The second-order valence-electron chi connectivity index (χ2n) is 16.8. The first-order valence-corrected chi connectivity index (χ1v) is 19.9. The van der Waals surface area contributed by atoms with Crippen LogP contribution in [0, 0.1) is 29.1 Å². The number of anilines is 1. The molecule has 5 N–H and O–H groups in total. The van der Waals surface area contributed by atoms with Gasteiger partial charge in [0.1, 0.15) is 17.9 Å². The Bertz CT molecular complexity index is 2210. The van der Waals surface area contributed by atoms with Crippen molar-refractivity contribution in [1.82, 2.24) is 4.98 Å². The van der Waals surface area contributed by atoms with Gasteiger partial charge in [-0.25, -0.2) is 4.39 Å². The minimum Gasteiger partial charge on any atom is -0.461 e. The quantitative estimate of drug-likeness (QED) is 0.176. The lowest BCUT2D eigenvalue weighted by Gasteiger charge is -2.60. The molecular weight excluding hydrogens is 746 g/mol. The molecule has 3 saturated carbocycles. The molecule has 2 unspecified atom stereocenters. The number of amides is 1. The van der Waals surface area contributed by atoms with Gasteiger partial charge >= 0.3 is 11.9 Å². The van der Waals surface area contributed by atoms with Crippen molar-refractivity contribution in [2.75, 3.05) is 18.5 Å². The molecule has 3 fully saturated rings. The zero-order valence-electron chi connectivity index (χ0n) is 32.9. The SMILES string of the molecule is CC1=CC(=O)C=C2CC[C@H]3[C@@H]4C[C@@H](C)[C@](O)(C(=O)COC(=O)CCC(=O)OCc5ccc(C(CN)C(=O)Nc6ccc7cnccc7c6)cc5)[C@@]4(C)C[C@H](O)[C@]3(F)C12. The van der Waals surface area contributed by atoms with Gasteiger partial charge in [0, 0.05) is 47.3 Å². The first-order valence-electron chi connectivity index (χ1n) is 19.9. The Labute approximate surface area is 336 Å². The number of halogens is 1. The van der Waals surface area contributed by atoms with Gasteiger partial charge in [0.2, 0.25) is 11.7 Å². The average Bonchev–Trinajstić information content (AvgIpc) is 3.39. The number of aromatic nitrogens is 1. The van der Waals surface area contributed by atoms with Gasteiger partial charge in [0.15, 0.2) is 12.4 Å². The highest BCUT2D eigenvalue weighted by Crippen LogP contribution is 2.68. The van der Waals surface area contributed by atoms with E-state index >= 15 is 4.39 Å². The predicted molar refractivity (Wildman–Crippen MR) is 211 cm³/mol. The number of nitrogens with zero attached hydrogens (tertiary/aromatic N) is 1. The topological polar surface area (TPSA) is 195 Å². The number of aliphatic hydroxyl groups is 2. The summed E-state index contributed by atoms with van der Waals surface area (Å²) in [5.41, 5.74) is 3.92. The second-order valence-corrected chi connectivity index (χ2v) is 16.8. The van der Waals surface area contributed by atoms with E-state index in [-0.39, 0.29) is 44.1 Å². The molecule has 58 heavy (non-hydrogen) atoms. The van der Waals surface area contributed by atoms with Crippen molar-refractivity contribution in [3.63, 3.8) is 0 Å². The molecule has 4 aliphatic rings. The Hall–Kier alpha value is -5.11. The zero-order valence-corrected chi connectivity index (χ0v) is 32.9. The van der Waals surface area contributed by atoms with Crippen LogP contribution in [0.1, 0.15) is 76.3 Å². The van der Waals surface area contributed by atoms with Crippen molar-refractivity contribution in [3.05, 3.63) is 95.3 Å². The number of ketones is 2. The molecule has 0 saturated heterocycles. The molecule has 0 bridgehead atoms. The Morgan fingerprint density at radius 3 is 2.47 bits per heavy atom. The molecule has 1 heterocycles. The highest BCUT2D eigenvalue weighted by molar-refractivity contribution is 6.02. The first kappa shape index (κ1) is 41.1. The number of hydrogen-bond acceptors (Lipinski definition) is 11. The maximum Gasteiger partial charge on any atom is 0.306 e. The summed E-state index contributed by atoms with van der Waals surface area (Å²) in [4.78, 5) is 68.4. The number of rotatable bonds is 12. The Morgan fingerprint density at radius 2 is 1.74 bits per heavy atom. The van der Waals surface area contributed by atoms with Crippen LogP contribution in [0.5, 0.6) is 0 Å². The standard InChI is InChI=1S/C45H50FN3O9/c1-25-16-33(50)19-30-9-11-35-36-17-26(2)45(56,43(36,3)20-37(51)44(35,46)41(25)30)38(52)24-58-40(54)13-12-39(53)57-23-27-4-6-28(7-5-27)34(21-47)42(55)49-32-10-8-31-22-48-15-14-29(31)18-32/h4-8,10,14-16,18-19,22,26,34-37,41,51,56H,9,11-13,17,20-21,23-24,47H2,1-3H3,(H,49,55)/t26-,34?,35+,36+,37+,41?,43+,44+,45+/m1/s1. The van der Waals surface area contributed by atoms with E-state index in [2.05, 4.69) is 10.3 Å². The van der Waals surface area contributed by atoms with Gasteiger partial charge in [-0.15, -0.1) is 0 Å². The van der Waals surface area contributed by atoms with Gasteiger partial charge in [0.05, 0.1) is 24.9 Å². The number of nitrogens with one attached hydrogen (secondary N) is 1. The Morgan fingerprint density at radius 1 is 1.02 bits per heavy atom. The lowest BCUT2D eigenvalue weighted by Crippen LogP contribution is -2.67. The molecule has 4 aliphatic carbocycles.